The van der Waals surface area contributed by atoms with E-state index in [0.717, 1.165) is 81.4 Å². The van der Waals surface area contributed by atoms with E-state index in [-0.39, 0.29) is 0 Å². The van der Waals surface area contributed by atoms with Crippen LogP contribution in [0.4, 0.5) is 0 Å². The third-order valence-electron chi connectivity index (χ3n) is 9.33. The lowest BCUT2D eigenvalue weighted by Crippen LogP contribution is -2.22. The van der Waals surface area contributed by atoms with Crippen molar-refractivity contribution >= 4 is 87.0 Å². The first-order chi connectivity index (χ1) is 23.0. The van der Waals surface area contributed by atoms with E-state index in [1.807, 2.05) is 24.3 Å². The van der Waals surface area contributed by atoms with Crippen molar-refractivity contribution in [1.82, 2.24) is 9.97 Å². The summed E-state index contributed by atoms with van der Waals surface area (Å²) in [7, 11) is 0. The molecule has 0 unspecified atom stereocenters. The summed E-state index contributed by atoms with van der Waals surface area (Å²) < 4.78 is 7.57. The monoisotopic (exact) mass is 622 g/mol. The summed E-state index contributed by atoms with van der Waals surface area (Å²) in [5.41, 5.74) is 11.4. The van der Waals surface area contributed by atoms with E-state index in [9.17, 15) is 0 Å². The van der Waals surface area contributed by atoms with E-state index < -0.39 is 0 Å². The molecule has 0 aliphatic rings. The maximum absolute atomic E-state index is 6.39. The van der Waals surface area contributed by atoms with E-state index in [4.69, 9.17) is 14.4 Å². The first-order valence-corrected chi connectivity index (χ1v) is 16.7. The van der Waals surface area contributed by atoms with Gasteiger partial charge in [0.25, 0.3) is 0 Å². The highest BCUT2D eigenvalue weighted by molar-refractivity contribution is 7.25. The lowest BCUT2D eigenvalue weighted by atomic mass is 9.96. The van der Waals surface area contributed by atoms with Gasteiger partial charge in [-0.1, -0.05) is 109 Å². The van der Waals surface area contributed by atoms with Crippen LogP contribution in [0, 0.1) is 13.8 Å². The molecule has 0 N–H and O–H groups in total. The largest absolute Gasteiger partial charge is 0.455 e. The van der Waals surface area contributed by atoms with Crippen LogP contribution in [0.5, 0.6) is 0 Å². The SMILES string of the molecule is C=C/C(c1cccc(-c2ccc3sc4nc5c6ccc(C)cc6c6cc(C)ccc6c5nc4c3c2)c1)=c1/oc2ccccc2/c1=C/C. The Morgan fingerprint density at radius 1 is 0.660 bits per heavy atom. The van der Waals surface area contributed by atoms with Crippen molar-refractivity contribution in [2.45, 2.75) is 20.8 Å². The molecule has 6 aromatic carbocycles. The molecule has 0 amide bonds. The maximum Gasteiger partial charge on any atom is 0.143 e. The number of fused-ring (bicyclic) bond motifs is 10. The number of para-hydroxylation sites is 1. The number of rotatable bonds is 3. The molecule has 0 fully saturated rings. The quantitative estimate of drug-likeness (QED) is 0.184. The molecule has 0 aliphatic carbocycles. The molecule has 47 heavy (non-hydrogen) atoms. The number of aryl methyl sites for hydroxylation is 2. The Balaban J connectivity index is 1.26. The Labute approximate surface area is 275 Å². The third-order valence-corrected chi connectivity index (χ3v) is 10.4. The van der Waals surface area contributed by atoms with Crippen molar-refractivity contribution in [3.05, 3.63) is 143 Å². The molecule has 0 saturated heterocycles. The summed E-state index contributed by atoms with van der Waals surface area (Å²) >= 11 is 1.71. The van der Waals surface area contributed by atoms with Crippen LogP contribution in [0.25, 0.3) is 86.8 Å². The van der Waals surface area contributed by atoms with Crippen LogP contribution in [0.2, 0.25) is 0 Å². The van der Waals surface area contributed by atoms with E-state index in [2.05, 4.69) is 118 Å². The minimum atomic E-state index is 0.840. The molecule has 0 bridgehead atoms. The van der Waals surface area contributed by atoms with E-state index in [1.165, 1.54) is 26.6 Å². The molecule has 0 radical (unpaired) electrons. The minimum Gasteiger partial charge on any atom is -0.455 e. The van der Waals surface area contributed by atoms with Gasteiger partial charge in [-0.3, -0.25) is 0 Å². The molecule has 224 valence electrons. The highest BCUT2D eigenvalue weighted by atomic mass is 32.1. The minimum absolute atomic E-state index is 0.840. The zero-order chi connectivity index (χ0) is 31.8. The molecule has 9 aromatic rings. The summed E-state index contributed by atoms with van der Waals surface area (Å²) in [5, 5.41) is 8.07. The van der Waals surface area contributed by atoms with E-state index in [0.29, 0.717) is 0 Å². The van der Waals surface area contributed by atoms with Crippen molar-refractivity contribution in [2.75, 3.05) is 0 Å². The molecule has 4 heteroatoms. The normalized spacial score (nSPS) is 13.1. The van der Waals surface area contributed by atoms with Crippen LogP contribution in [0.3, 0.4) is 0 Å². The topological polar surface area (TPSA) is 38.9 Å². The van der Waals surface area contributed by atoms with Gasteiger partial charge in [-0.15, -0.1) is 11.3 Å². The van der Waals surface area contributed by atoms with Gasteiger partial charge in [-0.25, -0.2) is 9.97 Å². The smallest absolute Gasteiger partial charge is 0.143 e. The second-order valence-corrected chi connectivity index (χ2v) is 13.3. The number of hydrogen-bond acceptors (Lipinski definition) is 4. The number of allylic oxidation sites excluding steroid dienone is 1. The molecule has 0 spiro atoms. The van der Waals surface area contributed by atoms with Gasteiger partial charge in [0.1, 0.15) is 21.3 Å². The van der Waals surface area contributed by atoms with Crippen LogP contribution < -0.4 is 10.6 Å². The Kier molecular flexibility index (Phi) is 6.18. The number of hydrogen-bond donors (Lipinski definition) is 0. The zero-order valence-corrected chi connectivity index (χ0v) is 27.2. The number of furan rings is 1. The number of thiophene rings is 1. The van der Waals surface area contributed by atoms with Crippen molar-refractivity contribution in [1.29, 1.82) is 0 Å². The van der Waals surface area contributed by atoms with Crippen LogP contribution >= 0.6 is 11.3 Å². The van der Waals surface area contributed by atoms with Gasteiger partial charge < -0.3 is 4.42 Å². The summed E-state index contributed by atoms with van der Waals surface area (Å²) in [6.07, 6.45) is 4.01. The van der Waals surface area contributed by atoms with Crippen molar-refractivity contribution in [3.8, 4) is 11.1 Å². The Bertz CT molecular complexity index is 2910. The molecular formula is C43H30N2OS. The molecule has 9 rings (SSSR count). The average Bonchev–Trinajstić information content (AvgIpc) is 3.65. The van der Waals surface area contributed by atoms with Crippen LogP contribution in [-0.4, -0.2) is 9.97 Å². The predicted octanol–water partition coefficient (Wildman–Crippen LogP) is 10.5. The van der Waals surface area contributed by atoms with Gasteiger partial charge in [-0.05, 0) is 72.5 Å². The second kappa shape index (κ2) is 10.5. The van der Waals surface area contributed by atoms with Crippen molar-refractivity contribution in [2.24, 2.45) is 0 Å². The Hall–Kier alpha value is -5.58. The Morgan fingerprint density at radius 3 is 2.13 bits per heavy atom. The van der Waals surface area contributed by atoms with Gasteiger partial charge in [-0.2, -0.15) is 0 Å². The molecule has 3 heterocycles. The fourth-order valence-electron chi connectivity index (χ4n) is 7.06. The molecule has 0 aliphatic heterocycles. The molecule has 0 atom stereocenters. The Morgan fingerprint density at radius 2 is 1.38 bits per heavy atom. The van der Waals surface area contributed by atoms with Gasteiger partial charge in [0.2, 0.25) is 0 Å². The third kappa shape index (κ3) is 4.25. The number of benzene rings is 6. The summed E-state index contributed by atoms with van der Waals surface area (Å²) in [6.45, 7) is 10.5. The van der Waals surface area contributed by atoms with Crippen LogP contribution in [0.1, 0.15) is 23.6 Å². The van der Waals surface area contributed by atoms with Gasteiger partial charge in [0.15, 0.2) is 0 Å². The summed E-state index contributed by atoms with van der Waals surface area (Å²) in [6, 6.07) is 36.8. The fraction of sp³-hybridized carbons (Fsp3) is 0.0698. The highest BCUT2D eigenvalue weighted by Gasteiger charge is 2.17. The summed E-state index contributed by atoms with van der Waals surface area (Å²) in [5.74, 6) is 0. The van der Waals surface area contributed by atoms with Gasteiger partial charge >= 0.3 is 0 Å². The molecular weight excluding hydrogens is 593 g/mol. The van der Waals surface area contributed by atoms with Crippen molar-refractivity contribution in [3.63, 3.8) is 0 Å². The lowest BCUT2D eigenvalue weighted by Gasteiger charge is -2.11. The lowest BCUT2D eigenvalue weighted by molar-refractivity contribution is 0.573. The first kappa shape index (κ1) is 27.7. The van der Waals surface area contributed by atoms with Crippen molar-refractivity contribution < 1.29 is 4.42 Å². The standard InChI is InChI=1S/C43H30N2OS/c1-5-29(42-30(6-2)31-12-7-8-13-37(31)46-42)28-11-9-10-26(22-28)27-16-19-38-36(23-27)41-43(47-38)45-40-33-18-15-25(4)21-35(33)34-20-24(3)14-17-32(34)39(40)44-41/h5-23H,1H2,2-4H3/b30-6-,42-29-. The molecule has 3 aromatic heterocycles. The van der Waals surface area contributed by atoms with Crippen LogP contribution in [-0.2, 0) is 0 Å². The first-order valence-electron chi connectivity index (χ1n) is 15.9. The highest BCUT2D eigenvalue weighted by Crippen LogP contribution is 2.40. The maximum atomic E-state index is 6.39. The van der Waals surface area contributed by atoms with E-state index in [1.54, 1.807) is 11.3 Å². The number of nitrogens with zero attached hydrogens (tertiary/aromatic N) is 2. The van der Waals surface area contributed by atoms with E-state index >= 15 is 0 Å². The average molecular weight is 623 g/mol. The van der Waals surface area contributed by atoms with Gasteiger partial charge in [0.05, 0.1) is 11.0 Å². The zero-order valence-electron chi connectivity index (χ0n) is 26.4. The second-order valence-electron chi connectivity index (χ2n) is 12.3. The molecule has 3 nitrogen and oxygen atoms in total. The van der Waals surface area contributed by atoms with Gasteiger partial charge in [0, 0.05) is 37.0 Å². The number of aromatic nitrogens is 2. The fourth-order valence-corrected chi connectivity index (χ4v) is 8.06. The molecule has 0 saturated carbocycles. The summed E-state index contributed by atoms with van der Waals surface area (Å²) in [4.78, 5) is 11.6. The predicted molar refractivity (Wildman–Crippen MR) is 201 cm³/mol. The van der Waals surface area contributed by atoms with Crippen LogP contribution in [0.15, 0.2) is 120 Å².